The lowest BCUT2D eigenvalue weighted by atomic mass is 9.96. The highest BCUT2D eigenvalue weighted by Gasteiger charge is 2.56. The minimum atomic E-state index is -1.60. The van der Waals surface area contributed by atoms with E-state index < -0.39 is 91.9 Å². The number of carbonyl (C=O) groups excluding carboxylic acids is 4. The van der Waals surface area contributed by atoms with Gasteiger partial charge in [0.2, 0.25) is 6.29 Å². The number of carbonyl (C=O) groups is 4. The number of benzene rings is 4. The van der Waals surface area contributed by atoms with Crippen molar-refractivity contribution in [3.8, 4) is 0 Å². The van der Waals surface area contributed by atoms with E-state index in [9.17, 15) is 19.2 Å². The Labute approximate surface area is 366 Å². The topological polar surface area (TPSA) is 170 Å². The van der Waals surface area contributed by atoms with E-state index in [1.165, 1.54) is 6.92 Å². The Hall–Kier alpha value is -5.52. The molecule has 6 rings (SSSR count). The third kappa shape index (κ3) is 14.2. The summed E-state index contributed by atoms with van der Waals surface area (Å²) in [5.74, 6) is -3.01. The van der Waals surface area contributed by atoms with Crippen LogP contribution in [-0.4, -0.2) is 98.5 Å². The maximum atomic E-state index is 12.8. The molecule has 4 aromatic rings. The molecule has 0 bridgehead atoms. The predicted octanol–water partition coefficient (Wildman–Crippen LogP) is 5.78. The normalized spacial score (nSPS) is 25.7. The minimum Gasteiger partial charge on any atom is -0.463 e. The van der Waals surface area contributed by atoms with Crippen molar-refractivity contribution >= 4 is 23.9 Å². The number of ether oxygens (including phenoxy) is 11. The van der Waals surface area contributed by atoms with Crippen molar-refractivity contribution in [2.24, 2.45) is 0 Å². The van der Waals surface area contributed by atoms with Gasteiger partial charge in [-0.1, -0.05) is 121 Å². The molecule has 15 nitrogen and oxygen atoms in total. The summed E-state index contributed by atoms with van der Waals surface area (Å²) in [6.07, 6.45) is -12.3. The molecule has 63 heavy (non-hydrogen) atoms. The Morgan fingerprint density at radius 1 is 0.413 bits per heavy atom. The fraction of sp³-hybridized carbons (Fsp3) is 0.417. The van der Waals surface area contributed by atoms with E-state index in [-0.39, 0.29) is 33.0 Å². The van der Waals surface area contributed by atoms with E-state index in [2.05, 4.69) is 0 Å². The van der Waals surface area contributed by atoms with Gasteiger partial charge in [-0.05, 0) is 22.3 Å². The predicted molar refractivity (Wildman–Crippen MR) is 223 cm³/mol. The third-order valence-corrected chi connectivity index (χ3v) is 10.1. The highest BCUT2D eigenvalue weighted by molar-refractivity contribution is 5.68. The number of rotatable bonds is 20. The highest BCUT2D eigenvalue weighted by atomic mass is 16.8. The first kappa shape index (κ1) is 47.0. The van der Waals surface area contributed by atoms with Crippen LogP contribution < -0.4 is 0 Å². The van der Waals surface area contributed by atoms with Crippen LogP contribution in [0.5, 0.6) is 0 Å². The average molecular weight is 871 g/mol. The highest BCUT2D eigenvalue weighted by Crippen LogP contribution is 2.36. The fourth-order valence-electron chi connectivity index (χ4n) is 7.29. The van der Waals surface area contributed by atoms with Crippen LogP contribution in [0.15, 0.2) is 121 Å². The van der Waals surface area contributed by atoms with Gasteiger partial charge >= 0.3 is 23.9 Å². The summed E-state index contributed by atoms with van der Waals surface area (Å²) in [4.78, 5) is 49.9. The summed E-state index contributed by atoms with van der Waals surface area (Å²) in [5.41, 5.74) is 3.55. The van der Waals surface area contributed by atoms with Gasteiger partial charge in [-0.2, -0.15) is 0 Å². The van der Waals surface area contributed by atoms with Crippen molar-refractivity contribution in [1.29, 1.82) is 0 Å². The van der Waals surface area contributed by atoms with Crippen LogP contribution >= 0.6 is 0 Å². The first-order valence-corrected chi connectivity index (χ1v) is 20.7. The molecule has 0 N–H and O–H groups in total. The third-order valence-electron chi connectivity index (χ3n) is 10.1. The quantitative estimate of drug-likeness (QED) is 0.0773. The first-order valence-electron chi connectivity index (χ1n) is 20.7. The lowest BCUT2D eigenvalue weighted by Gasteiger charge is -2.49. The van der Waals surface area contributed by atoms with Crippen molar-refractivity contribution in [2.45, 2.75) is 116 Å². The van der Waals surface area contributed by atoms with Gasteiger partial charge in [0.1, 0.15) is 37.1 Å². The summed E-state index contributed by atoms with van der Waals surface area (Å²) < 4.78 is 68.9. The summed E-state index contributed by atoms with van der Waals surface area (Å²) in [5, 5.41) is 0. The van der Waals surface area contributed by atoms with Gasteiger partial charge in [0, 0.05) is 27.7 Å². The summed E-state index contributed by atoms with van der Waals surface area (Å²) >= 11 is 0. The van der Waals surface area contributed by atoms with Gasteiger partial charge in [-0.25, -0.2) is 0 Å². The van der Waals surface area contributed by atoms with E-state index >= 15 is 0 Å². The molecule has 0 radical (unpaired) electrons. The second-order valence-electron chi connectivity index (χ2n) is 15.0. The van der Waals surface area contributed by atoms with Gasteiger partial charge in [0.25, 0.3) is 0 Å². The second kappa shape index (κ2) is 23.8. The van der Waals surface area contributed by atoms with E-state index in [0.29, 0.717) is 0 Å². The van der Waals surface area contributed by atoms with Crippen LogP contribution in [-0.2, 0) is 97.7 Å². The molecule has 0 saturated carbocycles. The van der Waals surface area contributed by atoms with Crippen LogP contribution in [0.4, 0.5) is 0 Å². The molecular formula is C48H54O15. The molecule has 2 fully saturated rings. The van der Waals surface area contributed by atoms with Crippen molar-refractivity contribution in [3.63, 3.8) is 0 Å². The van der Waals surface area contributed by atoms with E-state index in [1.54, 1.807) is 0 Å². The van der Waals surface area contributed by atoms with Gasteiger partial charge in [-0.15, -0.1) is 0 Å². The summed E-state index contributed by atoms with van der Waals surface area (Å²) in [7, 11) is 0. The Bertz CT molecular complexity index is 2020. The molecular weight excluding hydrogens is 817 g/mol. The molecule has 0 aromatic heterocycles. The fourth-order valence-corrected chi connectivity index (χ4v) is 7.29. The van der Waals surface area contributed by atoms with Crippen LogP contribution in [0.3, 0.4) is 0 Å². The van der Waals surface area contributed by atoms with Crippen molar-refractivity contribution < 1.29 is 71.3 Å². The molecule has 0 spiro atoms. The minimum absolute atomic E-state index is 0.00336. The zero-order chi connectivity index (χ0) is 44.6. The number of esters is 4. The van der Waals surface area contributed by atoms with Gasteiger partial charge in [-0.3, -0.25) is 19.2 Å². The van der Waals surface area contributed by atoms with E-state index in [4.69, 9.17) is 52.1 Å². The number of hydrogen-bond acceptors (Lipinski definition) is 15. The van der Waals surface area contributed by atoms with E-state index in [0.717, 1.165) is 43.0 Å². The molecule has 0 amide bonds. The Balaban J connectivity index is 1.41. The molecule has 2 aliphatic heterocycles. The number of hydrogen-bond donors (Lipinski definition) is 0. The maximum absolute atomic E-state index is 12.8. The van der Waals surface area contributed by atoms with Crippen LogP contribution in [0, 0.1) is 0 Å². The van der Waals surface area contributed by atoms with Crippen molar-refractivity contribution in [3.05, 3.63) is 144 Å². The Morgan fingerprint density at radius 3 is 1.25 bits per heavy atom. The molecule has 2 aliphatic rings. The van der Waals surface area contributed by atoms with Crippen LogP contribution in [0.2, 0.25) is 0 Å². The molecule has 15 heteroatoms. The van der Waals surface area contributed by atoms with Crippen LogP contribution in [0.1, 0.15) is 49.9 Å². The summed E-state index contributed by atoms with van der Waals surface area (Å²) in [6.45, 7) is 4.85. The van der Waals surface area contributed by atoms with Crippen molar-refractivity contribution in [2.75, 3.05) is 13.2 Å². The lowest BCUT2D eigenvalue weighted by Crippen LogP contribution is -2.66. The van der Waals surface area contributed by atoms with Gasteiger partial charge in [0.05, 0.1) is 33.0 Å². The molecule has 10 atom stereocenters. The Kier molecular flexibility index (Phi) is 17.7. The van der Waals surface area contributed by atoms with E-state index in [1.807, 2.05) is 121 Å². The monoisotopic (exact) mass is 870 g/mol. The smallest absolute Gasteiger partial charge is 0.303 e. The summed E-state index contributed by atoms with van der Waals surface area (Å²) in [6, 6.07) is 38.4. The largest absolute Gasteiger partial charge is 0.463 e. The Morgan fingerprint density at radius 2 is 0.794 bits per heavy atom. The van der Waals surface area contributed by atoms with Crippen LogP contribution in [0.25, 0.3) is 0 Å². The molecule has 336 valence electrons. The standard InChI is InChI=1S/C48H54O15/c1-31(49)54-30-40-42(58-32(2)50)44(59-33(3)51)46(60-34(4)52)48(62-40)63-47-45(57-28-38-23-15-8-16-24-38)43(56-27-37-21-13-7-14-22-37)41(55-26-36-19-11-6-12-20-36)39(61-47)29-53-25-35-17-9-5-10-18-35/h5-24,39-48H,25-30H2,1-4H3/t39-,40-,41-,42+,43+,44+,45+,46-,47-,48-/m1/s1. The molecule has 0 unspecified atom stereocenters. The maximum Gasteiger partial charge on any atom is 0.303 e. The zero-order valence-electron chi connectivity index (χ0n) is 35.7. The average Bonchev–Trinajstić information content (AvgIpc) is 3.27. The SMILES string of the molecule is CC(=O)OC[C@H]1O[C@H](O[C@H]2O[C@H](COCc3ccccc3)[C@@H](OCc3ccccc3)[C@H](OCc3ccccc3)[C@@H]2OCc2ccccc2)[C@H](OC(C)=O)[C@@H](OC(C)=O)[C@H]1OC(C)=O. The van der Waals surface area contributed by atoms with Gasteiger partial charge < -0.3 is 52.1 Å². The lowest BCUT2D eigenvalue weighted by molar-refractivity contribution is -0.387. The molecule has 4 aromatic carbocycles. The molecule has 2 heterocycles. The van der Waals surface area contributed by atoms with Gasteiger partial charge in [0.15, 0.2) is 24.6 Å². The molecule has 0 aliphatic carbocycles. The zero-order valence-corrected chi connectivity index (χ0v) is 35.7. The second-order valence-corrected chi connectivity index (χ2v) is 15.0. The van der Waals surface area contributed by atoms with Crippen molar-refractivity contribution in [1.82, 2.24) is 0 Å². The first-order chi connectivity index (χ1) is 30.5. The molecule has 2 saturated heterocycles.